The van der Waals surface area contributed by atoms with E-state index in [0.717, 1.165) is 23.1 Å². The Labute approximate surface area is 121 Å². The normalized spacial score (nSPS) is 13.8. The van der Waals surface area contributed by atoms with E-state index in [1.165, 1.54) is 22.4 Å². The van der Waals surface area contributed by atoms with Crippen LogP contribution in [-0.4, -0.2) is 9.55 Å². The number of nitrogens with zero attached hydrogens (tertiary/aromatic N) is 2. The summed E-state index contributed by atoms with van der Waals surface area (Å²) in [7, 11) is 0. The zero-order valence-corrected chi connectivity index (χ0v) is 11.9. The molecule has 0 spiro atoms. The molecule has 2 heterocycles. The number of rotatable bonds is 2. The van der Waals surface area contributed by atoms with E-state index in [1.54, 1.807) is 11.3 Å². The molecule has 100 valence electrons. The highest BCUT2D eigenvalue weighted by atomic mass is 32.1. The highest BCUT2D eigenvalue weighted by Gasteiger charge is 2.19. The zero-order chi connectivity index (χ0) is 13.5. The third-order valence-electron chi connectivity index (χ3n) is 3.94. The maximum Gasteiger partial charge on any atom is 0.136 e. The third-order valence-corrected chi connectivity index (χ3v) is 5.14. The van der Waals surface area contributed by atoms with E-state index in [2.05, 4.69) is 17.1 Å². The number of aryl methyl sites for hydroxylation is 2. The largest absolute Gasteiger partial charge is 0.312 e. The molecule has 3 nitrogen and oxygen atoms in total. The SMILES string of the molecule is N=c1c2c3c(sc2ncn1Cc1ccccc1)CCC3. The van der Waals surface area contributed by atoms with Gasteiger partial charge in [-0.1, -0.05) is 30.3 Å². The topological polar surface area (TPSA) is 41.7 Å². The quantitative estimate of drug-likeness (QED) is 0.770. The van der Waals surface area contributed by atoms with Gasteiger partial charge in [0, 0.05) is 4.88 Å². The molecule has 1 aliphatic rings. The van der Waals surface area contributed by atoms with Crippen molar-refractivity contribution in [2.24, 2.45) is 0 Å². The zero-order valence-electron chi connectivity index (χ0n) is 11.1. The molecular formula is C16H15N3S. The lowest BCUT2D eigenvalue weighted by Crippen LogP contribution is -2.21. The second kappa shape index (κ2) is 4.56. The fraction of sp³-hybridized carbons (Fsp3) is 0.250. The average Bonchev–Trinajstić information content (AvgIpc) is 3.03. The van der Waals surface area contributed by atoms with Gasteiger partial charge < -0.3 is 4.57 Å². The standard InChI is InChI=1S/C16H15N3S/c17-15-14-12-7-4-8-13(12)20-16(14)18-10-19(15)9-11-5-2-1-3-6-11/h1-3,5-6,10,17H,4,7-9H2. The minimum atomic E-state index is 0.609. The first kappa shape index (κ1) is 11.9. The first-order valence-electron chi connectivity index (χ1n) is 6.91. The van der Waals surface area contributed by atoms with Gasteiger partial charge in [-0.3, -0.25) is 5.41 Å². The highest BCUT2D eigenvalue weighted by molar-refractivity contribution is 7.18. The van der Waals surface area contributed by atoms with Gasteiger partial charge in [0.25, 0.3) is 0 Å². The first-order chi connectivity index (χ1) is 9.83. The molecule has 4 rings (SSSR count). The maximum atomic E-state index is 8.50. The molecule has 0 fully saturated rings. The molecule has 4 heteroatoms. The van der Waals surface area contributed by atoms with Gasteiger partial charge in [-0.15, -0.1) is 11.3 Å². The summed E-state index contributed by atoms with van der Waals surface area (Å²) in [4.78, 5) is 7.04. The van der Waals surface area contributed by atoms with Crippen molar-refractivity contribution in [3.63, 3.8) is 0 Å². The van der Waals surface area contributed by atoms with Crippen LogP contribution < -0.4 is 5.49 Å². The molecule has 0 radical (unpaired) electrons. The van der Waals surface area contributed by atoms with Crippen LogP contribution in [0.15, 0.2) is 36.7 Å². The van der Waals surface area contributed by atoms with Gasteiger partial charge >= 0.3 is 0 Å². The highest BCUT2D eigenvalue weighted by Crippen LogP contribution is 2.34. The van der Waals surface area contributed by atoms with Crippen molar-refractivity contribution in [3.05, 3.63) is 58.2 Å². The number of benzene rings is 1. The number of hydrogen-bond acceptors (Lipinski definition) is 3. The van der Waals surface area contributed by atoms with E-state index >= 15 is 0 Å². The van der Waals surface area contributed by atoms with E-state index in [4.69, 9.17) is 5.41 Å². The molecule has 0 unspecified atom stereocenters. The van der Waals surface area contributed by atoms with E-state index in [9.17, 15) is 0 Å². The smallest absolute Gasteiger partial charge is 0.136 e. The van der Waals surface area contributed by atoms with Gasteiger partial charge in [-0.05, 0) is 30.4 Å². The average molecular weight is 281 g/mol. The summed E-state index contributed by atoms with van der Waals surface area (Å²) in [5.74, 6) is 0. The molecule has 0 amide bonds. The van der Waals surface area contributed by atoms with Crippen LogP contribution in [0, 0.1) is 5.41 Å². The predicted octanol–water partition coefficient (Wildman–Crippen LogP) is 3.11. The predicted molar refractivity (Wildman–Crippen MR) is 81.0 cm³/mol. The first-order valence-corrected chi connectivity index (χ1v) is 7.73. The summed E-state index contributed by atoms with van der Waals surface area (Å²) in [6.07, 6.45) is 5.31. The summed E-state index contributed by atoms with van der Waals surface area (Å²) < 4.78 is 1.95. The van der Waals surface area contributed by atoms with Crippen molar-refractivity contribution < 1.29 is 0 Å². The summed E-state index contributed by atoms with van der Waals surface area (Å²) in [5, 5.41) is 9.59. The van der Waals surface area contributed by atoms with Crippen LogP contribution in [0.2, 0.25) is 0 Å². The number of nitrogens with one attached hydrogen (secondary N) is 1. The molecule has 0 saturated carbocycles. The number of aromatic nitrogens is 2. The van der Waals surface area contributed by atoms with Gasteiger partial charge in [-0.25, -0.2) is 4.98 Å². The van der Waals surface area contributed by atoms with Crippen molar-refractivity contribution in [1.29, 1.82) is 5.41 Å². The van der Waals surface area contributed by atoms with E-state index in [1.807, 2.05) is 29.1 Å². The van der Waals surface area contributed by atoms with E-state index in [-0.39, 0.29) is 0 Å². The molecule has 0 saturated heterocycles. The lowest BCUT2D eigenvalue weighted by Gasteiger charge is -2.07. The number of fused-ring (bicyclic) bond motifs is 3. The molecule has 3 aromatic rings. The molecule has 20 heavy (non-hydrogen) atoms. The van der Waals surface area contributed by atoms with Gasteiger partial charge in [0.15, 0.2) is 0 Å². The fourth-order valence-electron chi connectivity index (χ4n) is 2.95. The van der Waals surface area contributed by atoms with E-state index < -0.39 is 0 Å². The molecule has 1 N–H and O–H groups in total. The molecule has 0 atom stereocenters. The van der Waals surface area contributed by atoms with Crippen LogP contribution in [0.3, 0.4) is 0 Å². The van der Waals surface area contributed by atoms with Crippen molar-refractivity contribution >= 4 is 21.6 Å². The Balaban J connectivity index is 1.85. The minimum absolute atomic E-state index is 0.609. The molecular weight excluding hydrogens is 266 g/mol. The van der Waals surface area contributed by atoms with Crippen molar-refractivity contribution in [2.45, 2.75) is 25.8 Å². The minimum Gasteiger partial charge on any atom is -0.312 e. The summed E-state index contributed by atoms with van der Waals surface area (Å²) in [5.41, 5.74) is 3.20. The van der Waals surface area contributed by atoms with Gasteiger partial charge in [0.1, 0.15) is 10.3 Å². The van der Waals surface area contributed by atoms with Crippen LogP contribution in [0.1, 0.15) is 22.4 Å². The molecule has 2 aromatic heterocycles. The van der Waals surface area contributed by atoms with Gasteiger partial charge in [0.05, 0.1) is 18.3 Å². The van der Waals surface area contributed by atoms with Crippen LogP contribution in [0.4, 0.5) is 0 Å². The third kappa shape index (κ3) is 1.79. The van der Waals surface area contributed by atoms with E-state index in [0.29, 0.717) is 12.0 Å². The Morgan fingerprint density at radius 2 is 2.05 bits per heavy atom. The molecule has 0 aliphatic heterocycles. The lowest BCUT2D eigenvalue weighted by atomic mass is 10.2. The Bertz CT molecular complexity index is 830. The van der Waals surface area contributed by atoms with Crippen LogP contribution >= 0.6 is 11.3 Å². The molecule has 0 bridgehead atoms. The summed E-state index contributed by atoms with van der Waals surface area (Å²) >= 11 is 1.77. The van der Waals surface area contributed by atoms with Crippen molar-refractivity contribution in [3.8, 4) is 0 Å². The number of hydrogen-bond donors (Lipinski definition) is 1. The van der Waals surface area contributed by atoms with Crippen molar-refractivity contribution in [1.82, 2.24) is 9.55 Å². The van der Waals surface area contributed by atoms with Crippen LogP contribution in [0.25, 0.3) is 10.2 Å². The second-order valence-corrected chi connectivity index (χ2v) is 6.33. The van der Waals surface area contributed by atoms with Gasteiger partial charge in [-0.2, -0.15) is 0 Å². The van der Waals surface area contributed by atoms with Crippen molar-refractivity contribution in [2.75, 3.05) is 0 Å². The van der Waals surface area contributed by atoms with Gasteiger partial charge in [0.2, 0.25) is 0 Å². The second-order valence-electron chi connectivity index (χ2n) is 5.24. The number of thiophene rings is 1. The monoisotopic (exact) mass is 281 g/mol. The molecule has 1 aromatic carbocycles. The Kier molecular flexibility index (Phi) is 2.70. The Hall–Kier alpha value is -1.94. The summed E-state index contributed by atoms with van der Waals surface area (Å²) in [6, 6.07) is 10.3. The Morgan fingerprint density at radius 1 is 1.20 bits per heavy atom. The fourth-order valence-corrected chi connectivity index (χ4v) is 4.18. The van der Waals surface area contributed by atoms with Crippen LogP contribution in [0.5, 0.6) is 0 Å². The summed E-state index contributed by atoms with van der Waals surface area (Å²) in [6.45, 7) is 0.716. The molecule has 1 aliphatic carbocycles. The maximum absolute atomic E-state index is 8.50. The Morgan fingerprint density at radius 3 is 2.90 bits per heavy atom. The lowest BCUT2D eigenvalue weighted by molar-refractivity contribution is 0.723. The van der Waals surface area contributed by atoms with Crippen LogP contribution in [-0.2, 0) is 19.4 Å².